The molecule has 2 heteroatoms. The first kappa shape index (κ1) is 8.32. The van der Waals surface area contributed by atoms with Gasteiger partial charge in [-0.25, -0.2) is 0 Å². The van der Waals surface area contributed by atoms with Crippen molar-refractivity contribution < 1.29 is 5.11 Å². The first-order chi connectivity index (χ1) is 6.31. The molecule has 0 atom stereocenters. The number of aromatic hydroxyl groups is 1. The van der Waals surface area contributed by atoms with Gasteiger partial charge in [-0.15, -0.1) is 0 Å². The minimum atomic E-state index is 0.392. The van der Waals surface area contributed by atoms with Crippen LogP contribution >= 0.6 is 0 Å². The van der Waals surface area contributed by atoms with Gasteiger partial charge in [-0.1, -0.05) is 23.8 Å². The fraction of sp³-hybridized carbons (Fsp3) is 0.273. The molecule has 0 amide bonds. The van der Waals surface area contributed by atoms with E-state index in [1.807, 2.05) is 13.1 Å². The van der Waals surface area contributed by atoms with Crippen LogP contribution < -0.4 is 5.32 Å². The summed E-state index contributed by atoms with van der Waals surface area (Å²) in [6, 6.07) is 5.69. The van der Waals surface area contributed by atoms with Gasteiger partial charge in [0.2, 0.25) is 0 Å². The van der Waals surface area contributed by atoms with Crippen LogP contribution in [0.2, 0.25) is 0 Å². The number of likely N-dealkylation sites (N-methyl/N-ethyl adjacent to an activating group) is 1. The Morgan fingerprint density at radius 1 is 1.46 bits per heavy atom. The van der Waals surface area contributed by atoms with Gasteiger partial charge < -0.3 is 10.4 Å². The first-order valence-corrected chi connectivity index (χ1v) is 4.46. The number of phenolic OH excluding ortho intramolecular Hbond substituents is 1. The van der Waals surface area contributed by atoms with E-state index < -0.39 is 0 Å². The summed E-state index contributed by atoms with van der Waals surface area (Å²) in [7, 11) is 1.93. The zero-order valence-electron chi connectivity index (χ0n) is 7.67. The molecule has 0 bridgehead atoms. The summed E-state index contributed by atoms with van der Waals surface area (Å²) in [6.45, 7) is 0.897. The Labute approximate surface area is 77.9 Å². The number of hydrogen-bond acceptors (Lipinski definition) is 2. The van der Waals surface area contributed by atoms with Gasteiger partial charge in [-0.3, -0.25) is 0 Å². The van der Waals surface area contributed by atoms with Gasteiger partial charge in [0.15, 0.2) is 0 Å². The van der Waals surface area contributed by atoms with Crippen molar-refractivity contribution >= 4 is 6.08 Å². The molecule has 68 valence electrons. The van der Waals surface area contributed by atoms with Crippen LogP contribution in [0.15, 0.2) is 23.8 Å². The molecule has 0 heterocycles. The smallest absolute Gasteiger partial charge is 0.123 e. The van der Waals surface area contributed by atoms with Crippen molar-refractivity contribution in [2.45, 2.75) is 6.42 Å². The number of benzene rings is 1. The Morgan fingerprint density at radius 2 is 2.31 bits per heavy atom. The van der Waals surface area contributed by atoms with Gasteiger partial charge in [-0.2, -0.15) is 0 Å². The molecular weight excluding hydrogens is 162 g/mol. The van der Waals surface area contributed by atoms with Crippen molar-refractivity contribution in [2.75, 3.05) is 13.6 Å². The molecular formula is C11H13NO. The van der Waals surface area contributed by atoms with E-state index in [1.165, 1.54) is 11.1 Å². The molecule has 2 rings (SSSR count). The Balaban J connectivity index is 2.32. The van der Waals surface area contributed by atoms with E-state index in [0.717, 1.165) is 18.5 Å². The minimum absolute atomic E-state index is 0.392. The summed E-state index contributed by atoms with van der Waals surface area (Å²) >= 11 is 0. The van der Waals surface area contributed by atoms with E-state index >= 15 is 0 Å². The molecule has 1 aliphatic carbocycles. The van der Waals surface area contributed by atoms with Gasteiger partial charge in [0.25, 0.3) is 0 Å². The van der Waals surface area contributed by atoms with Gasteiger partial charge in [0, 0.05) is 12.1 Å². The molecule has 0 aliphatic heterocycles. The highest BCUT2D eigenvalue weighted by Gasteiger charge is 2.14. The second kappa shape index (κ2) is 3.23. The maximum atomic E-state index is 9.55. The lowest BCUT2D eigenvalue weighted by atomic mass is 10.1. The number of nitrogens with one attached hydrogen (secondary N) is 1. The summed E-state index contributed by atoms with van der Waals surface area (Å²) in [5.41, 5.74) is 3.55. The van der Waals surface area contributed by atoms with Crippen LogP contribution in [0.4, 0.5) is 0 Å². The van der Waals surface area contributed by atoms with E-state index in [4.69, 9.17) is 0 Å². The molecule has 0 fully saturated rings. The second-order valence-corrected chi connectivity index (χ2v) is 3.36. The van der Waals surface area contributed by atoms with Crippen LogP contribution in [0.25, 0.3) is 6.08 Å². The molecule has 2 N–H and O–H groups in total. The lowest BCUT2D eigenvalue weighted by Gasteiger charge is -2.00. The standard InChI is InChI=1S/C11H13NO/c1-12-7-8-5-9-3-2-4-11(13)10(9)6-8/h2-4,6,12-13H,5,7H2,1H3. The fourth-order valence-corrected chi connectivity index (χ4v) is 1.76. The van der Waals surface area contributed by atoms with E-state index in [9.17, 15) is 5.11 Å². The molecule has 0 radical (unpaired) electrons. The van der Waals surface area contributed by atoms with E-state index in [1.54, 1.807) is 6.07 Å². The Kier molecular flexibility index (Phi) is 2.07. The maximum absolute atomic E-state index is 9.55. The lowest BCUT2D eigenvalue weighted by Crippen LogP contribution is -2.09. The fourth-order valence-electron chi connectivity index (χ4n) is 1.76. The maximum Gasteiger partial charge on any atom is 0.123 e. The molecule has 0 unspecified atom stereocenters. The molecule has 1 aromatic carbocycles. The molecule has 2 nitrogen and oxygen atoms in total. The molecule has 0 aromatic heterocycles. The monoisotopic (exact) mass is 175 g/mol. The first-order valence-electron chi connectivity index (χ1n) is 4.46. The van der Waals surface area contributed by atoms with E-state index in [2.05, 4.69) is 17.5 Å². The SMILES string of the molecule is CNCC1=Cc2c(O)cccc2C1. The third kappa shape index (κ3) is 1.45. The van der Waals surface area contributed by atoms with E-state index in [0.29, 0.717) is 5.75 Å². The summed E-state index contributed by atoms with van der Waals surface area (Å²) < 4.78 is 0. The minimum Gasteiger partial charge on any atom is -0.507 e. The normalized spacial score (nSPS) is 14.1. The zero-order chi connectivity index (χ0) is 9.26. The van der Waals surface area contributed by atoms with Crippen LogP contribution in [0.1, 0.15) is 11.1 Å². The zero-order valence-corrected chi connectivity index (χ0v) is 7.67. The Bertz CT molecular complexity index is 355. The van der Waals surface area contributed by atoms with Crippen LogP contribution in [-0.4, -0.2) is 18.7 Å². The summed E-state index contributed by atoms with van der Waals surface area (Å²) in [5.74, 6) is 0.392. The second-order valence-electron chi connectivity index (χ2n) is 3.36. The summed E-state index contributed by atoms with van der Waals surface area (Å²) in [6.07, 6.45) is 3.03. The van der Waals surface area contributed by atoms with Gasteiger partial charge in [-0.05, 0) is 25.1 Å². The summed E-state index contributed by atoms with van der Waals surface area (Å²) in [5, 5.41) is 12.7. The van der Waals surface area contributed by atoms with Crippen molar-refractivity contribution in [1.29, 1.82) is 0 Å². The number of rotatable bonds is 2. The van der Waals surface area contributed by atoms with Crippen LogP contribution in [-0.2, 0) is 6.42 Å². The Hall–Kier alpha value is -1.28. The highest BCUT2D eigenvalue weighted by atomic mass is 16.3. The number of fused-ring (bicyclic) bond motifs is 1. The van der Waals surface area contributed by atoms with Crippen molar-refractivity contribution in [3.8, 4) is 5.75 Å². The average Bonchev–Trinajstić information content (AvgIpc) is 2.49. The molecule has 0 spiro atoms. The van der Waals surface area contributed by atoms with Gasteiger partial charge in [0.1, 0.15) is 5.75 Å². The third-order valence-electron chi connectivity index (χ3n) is 2.34. The largest absolute Gasteiger partial charge is 0.507 e. The molecule has 0 saturated heterocycles. The Morgan fingerprint density at radius 3 is 3.00 bits per heavy atom. The van der Waals surface area contributed by atoms with Crippen molar-refractivity contribution in [1.82, 2.24) is 5.32 Å². The van der Waals surface area contributed by atoms with E-state index in [-0.39, 0.29) is 0 Å². The average molecular weight is 175 g/mol. The topological polar surface area (TPSA) is 32.3 Å². The third-order valence-corrected chi connectivity index (χ3v) is 2.34. The van der Waals surface area contributed by atoms with Gasteiger partial charge in [0.05, 0.1) is 0 Å². The van der Waals surface area contributed by atoms with Crippen LogP contribution in [0.5, 0.6) is 5.75 Å². The van der Waals surface area contributed by atoms with Crippen LogP contribution in [0.3, 0.4) is 0 Å². The molecule has 0 saturated carbocycles. The number of phenols is 1. The molecule has 13 heavy (non-hydrogen) atoms. The van der Waals surface area contributed by atoms with Crippen LogP contribution in [0, 0.1) is 0 Å². The summed E-state index contributed by atoms with van der Waals surface area (Å²) in [4.78, 5) is 0. The predicted octanol–water partition coefficient (Wildman–Crippen LogP) is 1.55. The predicted molar refractivity (Wildman–Crippen MR) is 53.7 cm³/mol. The quantitative estimate of drug-likeness (QED) is 0.714. The number of hydrogen-bond donors (Lipinski definition) is 2. The van der Waals surface area contributed by atoms with Crippen molar-refractivity contribution in [2.24, 2.45) is 0 Å². The highest BCUT2D eigenvalue weighted by Crippen LogP contribution is 2.31. The van der Waals surface area contributed by atoms with Crippen molar-refractivity contribution in [3.05, 3.63) is 34.9 Å². The van der Waals surface area contributed by atoms with Crippen molar-refractivity contribution in [3.63, 3.8) is 0 Å². The van der Waals surface area contributed by atoms with Gasteiger partial charge >= 0.3 is 0 Å². The highest BCUT2D eigenvalue weighted by molar-refractivity contribution is 5.68. The lowest BCUT2D eigenvalue weighted by molar-refractivity contribution is 0.473. The molecule has 1 aromatic rings. The molecule has 1 aliphatic rings.